The third-order valence-electron chi connectivity index (χ3n) is 4.96. The molecule has 6 heteroatoms. The van der Waals surface area contributed by atoms with Crippen LogP contribution in [0.5, 0.6) is 0 Å². The average Bonchev–Trinajstić information content (AvgIpc) is 3.23. The molecule has 2 saturated heterocycles. The van der Waals surface area contributed by atoms with E-state index in [1.165, 1.54) is 19.0 Å². The molecule has 1 saturated carbocycles. The van der Waals surface area contributed by atoms with Crippen LogP contribution in [0.2, 0.25) is 0 Å². The number of carbonyl (C=O) groups is 1. The quantitative estimate of drug-likeness (QED) is 0.848. The molecule has 2 bridgehead atoms. The van der Waals surface area contributed by atoms with E-state index in [0.717, 1.165) is 25.4 Å². The highest BCUT2D eigenvalue weighted by Crippen LogP contribution is 2.34. The molecule has 1 aromatic heterocycles. The number of ether oxygens (including phenoxy) is 2. The van der Waals surface area contributed by atoms with Gasteiger partial charge in [0.1, 0.15) is 11.3 Å². The third-order valence-corrected chi connectivity index (χ3v) is 4.96. The smallest absolute Gasteiger partial charge is 0.259 e. The zero-order chi connectivity index (χ0) is 15.1. The molecule has 3 heterocycles. The van der Waals surface area contributed by atoms with E-state index >= 15 is 0 Å². The summed E-state index contributed by atoms with van der Waals surface area (Å²) in [6, 6.07) is 0.192. The minimum Gasteiger partial charge on any atom is -0.378 e. The summed E-state index contributed by atoms with van der Waals surface area (Å²) in [6.45, 7) is 3.84. The highest BCUT2D eigenvalue weighted by Gasteiger charge is 2.43. The highest BCUT2D eigenvalue weighted by atomic mass is 16.5. The summed E-state index contributed by atoms with van der Waals surface area (Å²) in [4.78, 5) is 14.8. The monoisotopic (exact) mass is 306 g/mol. The van der Waals surface area contributed by atoms with E-state index in [0.29, 0.717) is 24.5 Å². The van der Waals surface area contributed by atoms with Gasteiger partial charge in [0.2, 0.25) is 0 Å². The summed E-state index contributed by atoms with van der Waals surface area (Å²) in [7, 11) is 0. The van der Waals surface area contributed by atoms with Crippen LogP contribution in [0.25, 0.3) is 0 Å². The predicted octanol–water partition coefficient (Wildman–Crippen LogP) is 1.78. The Balaban J connectivity index is 1.47. The van der Waals surface area contributed by atoms with Gasteiger partial charge in [-0.3, -0.25) is 4.79 Å². The van der Waals surface area contributed by atoms with Crippen molar-refractivity contribution in [1.29, 1.82) is 0 Å². The van der Waals surface area contributed by atoms with Crippen molar-refractivity contribution in [3.05, 3.63) is 17.5 Å². The lowest BCUT2D eigenvalue weighted by Gasteiger charge is -2.48. The number of morpholine rings is 1. The summed E-state index contributed by atoms with van der Waals surface area (Å²) in [5.74, 6) is 1.36. The fraction of sp³-hybridized carbons (Fsp3) is 0.750. The van der Waals surface area contributed by atoms with Crippen molar-refractivity contribution < 1.29 is 18.8 Å². The molecule has 0 spiro atoms. The van der Waals surface area contributed by atoms with Crippen LogP contribution in [0.3, 0.4) is 0 Å². The van der Waals surface area contributed by atoms with Crippen molar-refractivity contribution in [3.8, 4) is 0 Å². The normalized spacial score (nSPS) is 31.3. The summed E-state index contributed by atoms with van der Waals surface area (Å²) < 4.78 is 16.8. The van der Waals surface area contributed by atoms with Crippen molar-refractivity contribution in [2.75, 3.05) is 19.8 Å². The largest absolute Gasteiger partial charge is 0.378 e. The zero-order valence-corrected chi connectivity index (χ0v) is 12.9. The number of rotatable bonds is 4. The number of aromatic nitrogens is 1. The van der Waals surface area contributed by atoms with Gasteiger partial charge in [-0.2, -0.15) is 0 Å². The van der Waals surface area contributed by atoms with Crippen LogP contribution in [-0.4, -0.2) is 54.0 Å². The number of nitrogens with zero attached hydrogens (tertiary/aromatic N) is 2. The molecule has 120 valence electrons. The number of amides is 1. The fourth-order valence-electron chi connectivity index (χ4n) is 3.53. The number of carbonyl (C=O) groups excluding carboxylic acids is 1. The maximum absolute atomic E-state index is 12.8. The van der Waals surface area contributed by atoms with Crippen molar-refractivity contribution >= 4 is 5.91 Å². The Morgan fingerprint density at radius 3 is 2.68 bits per heavy atom. The molecule has 0 N–H and O–H groups in total. The van der Waals surface area contributed by atoms with Gasteiger partial charge >= 0.3 is 0 Å². The van der Waals surface area contributed by atoms with Crippen LogP contribution in [0.1, 0.15) is 41.8 Å². The average molecular weight is 306 g/mol. The summed E-state index contributed by atoms with van der Waals surface area (Å²) in [5, 5.41) is 3.72. The molecular weight excluding hydrogens is 284 g/mol. The molecule has 3 aliphatic rings. The lowest BCUT2D eigenvalue weighted by atomic mass is 9.91. The van der Waals surface area contributed by atoms with Gasteiger partial charge in [-0.25, -0.2) is 0 Å². The lowest BCUT2D eigenvalue weighted by molar-refractivity contribution is -0.104. The van der Waals surface area contributed by atoms with E-state index in [1.54, 1.807) is 6.92 Å². The molecule has 2 aliphatic heterocycles. The van der Waals surface area contributed by atoms with Crippen molar-refractivity contribution in [2.45, 2.75) is 50.8 Å². The molecule has 1 aromatic rings. The third kappa shape index (κ3) is 2.65. The number of aryl methyl sites for hydroxylation is 1. The molecule has 3 fully saturated rings. The Kier molecular flexibility index (Phi) is 3.66. The number of piperidine rings is 1. The molecular formula is C16H22N2O4. The molecule has 0 aromatic carbocycles. The van der Waals surface area contributed by atoms with Gasteiger partial charge in [0.15, 0.2) is 0 Å². The van der Waals surface area contributed by atoms with Gasteiger partial charge in [0, 0.05) is 6.61 Å². The SMILES string of the molecule is Cc1oncc1C(=O)N1C2COCC1CC(OCC1CC1)C2. The van der Waals surface area contributed by atoms with E-state index < -0.39 is 0 Å². The molecule has 0 radical (unpaired) electrons. The minimum absolute atomic E-state index is 0.0118. The molecule has 2 atom stereocenters. The van der Waals surface area contributed by atoms with Gasteiger partial charge in [-0.1, -0.05) is 5.16 Å². The molecule has 4 rings (SSSR count). The first-order valence-corrected chi connectivity index (χ1v) is 8.15. The van der Waals surface area contributed by atoms with E-state index in [9.17, 15) is 4.79 Å². The summed E-state index contributed by atoms with van der Waals surface area (Å²) in [5.41, 5.74) is 0.564. The molecule has 22 heavy (non-hydrogen) atoms. The summed E-state index contributed by atoms with van der Waals surface area (Å²) >= 11 is 0. The fourth-order valence-corrected chi connectivity index (χ4v) is 3.53. The van der Waals surface area contributed by atoms with Crippen molar-refractivity contribution in [1.82, 2.24) is 10.1 Å². The van der Waals surface area contributed by atoms with E-state index in [4.69, 9.17) is 14.0 Å². The van der Waals surface area contributed by atoms with Crippen molar-refractivity contribution in [3.63, 3.8) is 0 Å². The maximum atomic E-state index is 12.8. The van der Waals surface area contributed by atoms with Gasteiger partial charge in [0.05, 0.1) is 37.6 Å². The highest BCUT2D eigenvalue weighted by molar-refractivity contribution is 5.95. The Morgan fingerprint density at radius 1 is 1.36 bits per heavy atom. The van der Waals surface area contributed by atoms with Crippen molar-refractivity contribution in [2.24, 2.45) is 5.92 Å². The van der Waals surface area contributed by atoms with E-state index in [1.807, 2.05) is 4.90 Å². The Morgan fingerprint density at radius 2 is 2.09 bits per heavy atom. The first-order chi connectivity index (χ1) is 10.7. The van der Waals surface area contributed by atoms with Crippen LogP contribution < -0.4 is 0 Å². The lowest BCUT2D eigenvalue weighted by Crippen LogP contribution is -2.60. The predicted molar refractivity (Wildman–Crippen MR) is 77.5 cm³/mol. The topological polar surface area (TPSA) is 64.8 Å². The standard InChI is InChI=1S/C16H22N2O4/c1-10-15(6-17-22-10)16(19)18-12-4-14(21-7-11-2-3-11)5-13(18)9-20-8-12/h6,11-14H,2-5,7-9H2,1H3. The first-order valence-electron chi connectivity index (χ1n) is 8.15. The molecule has 1 aliphatic carbocycles. The van der Waals surface area contributed by atoms with Gasteiger partial charge in [0.25, 0.3) is 5.91 Å². The molecule has 1 amide bonds. The van der Waals surface area contributed by atoms with Crippen LogP contribution in [0, 0.1) is 12.8 Å². The Hall–Kier alpha value is -1.40. The Labute approximate surface area is 129 Å². The summed E-state index contributed by atoms with van der Waals surface area (Å²) in [6.07, 6.45) is 6.11. The first kappa shape index (κ1) is 14.2. The maximum Gasteiger partial charge on any atom is 0.259 e. The van der Waals surface area contributed by atoms with Crippen LogP contribution in [0.15, 0.2) is 10.7 Å². The number of hydrogen-bond donors (Lipinski definition) is 0. The number of hydrogen-bond acceptors (Lipinski definition) is 5. The minimum atomic E-state index is 0.0118. The van der Waals surface area contributed by atoms with E-state index in [-0.39, 0.29) is 24.1 Å². The second-order valence-electron chi connectivity index (χ2n) is 6.72. The molecule has 6 nitrogen and oxygen atoms in total. The number of fused-ring (bicyclic) bond motifs is 2. The Bertz CT molecular complexity index is 540. The molecule has 2 unspecified atom stereocenters. The van der Waals surface area contributed by atoms with Crippen LogP contribution in [-0.2, 0) is 9.47 Å². The van der Waals surface area contributed by atoms with Crippen LogP contribution in [0.4, 0.5) is 0 Å². The zero-order valence-electron chi connectivity index (χ0n) is 12.9. The van der Waals surface area contributed by atoms with Gasteiger partial charge < -0.3 is 18.9 Å². The van der Waals surface area contributed by atoms with Gasteiger partial charge in [-0.05, 0) is 38.5 Å². The second kappa shape index (κ2) is 5.66. The van der Waals surface area contributed by atoms with Gasteiger partial charge in [-0.15, -0.1) is 0 Å². The van der Waals surface area contributed by atoms with Crippen LogP contribution >= 0.6 is 0 Å². The second-order valence-corrected chi connectivity index (χ2v) is 6.72. The van der Waals surface area contributed by atoms with E-state index in [2.05, 4.69) is 5.16 Å².